The van der Waals surface area contributed by atoms with Gasteiger partial charge in [-0.15, -0.1) is 0 Å². The van der Waals surface area contributed by atoms with Crippen LogP contribution >= 0.6 is 11.6 Å². The van der Waals surface area contributed by atoms with Crippen LogP contribution in [0.3, 0.4) is 0 Å². The van der Waals surface area contributed by atoms with Crippen LogP contribution in [0.15, 0.2) is 72.8 Å². The Morgan fingerprint density at radius 2 is 1.81 bits per heavy atom. The number of esters is 1. The minimum Gasteiger partial charge on any atom is -0.478 e. The van der Waals surface area contributed by atoms with Crippen LogP contribution in [0.2, 0.25) is 5.02 Å². The van der Waals surface area contributed by atoms with Gasteiger partial charge in [-0.2, -0.15) is 0 Å². The summed E-state index contributed by atoms with van der Waals surface area (Å²) >= 11 is 6.10. The smallest absolute Gasteiger partial charge is 0.335 e. The quantitative estimate of drug-likeness (QED) is 0.257. The van der Waals surface area contributed by atoms with Crippen LogP contribution in [-0.2, 0) is 16.0 Å². The van der Waals surface area contributed by atoms with E-state index in [0.717, 1.165) is 38.9 Å². The molecule has 1 aromatic heterocycles. The van der Waals surface area contributed by atoms with Crippen molar-refractivity contribution in [3.05, 3.63) is 111 Å². The topological polar surface area (TPSA) is 76.5 Å². The summed E-state index contributed by atoms with van der Waals surface area (Å²) in [6.07, 6.45) is 4.31. The number of halogens is 1. The maximum absolute atomic E-state index is 11.9. The van der Waals surface area contributed by atoms with Crippen molar-refractivity contribution >= 4 is 46.6 Å². The third-order valence-corrected chi connectivity index (χ3v) is 6.25. The lowest BCUT2D eigenvalue weighted by molar-refractivity contribution is -0.147. The van der Waals surface area contributed by atoms with Gasteiger partial charge in [0.1, 0.15) is 6.10 Å². The normalized spacial score (nSPS) is 12.1. The Kier molecular flexibility index (Phi) is 7.81. The number of ether oxygens (including phenoxy) is 1. The molecule has 3 aromatic carbocycles. The Morgan fingerprint density at radius 3 is 2.58 bits per heavy atom. The lowest BCUT2D eigenvalue weighted by Crippen LogP contribution is -2.12. The van der Waals surface area contributed by atoms with Crippen LogP contribution in [-0.4, -0.2) is 22.0 Å². The Labute approximate surface area is 215 Å². The summed E-state index contributed by atoms with van der Waals surface area (Å²) in [6, 6.07) is 22.6. The van der Waals surface area contributed by atoms with Gasteiger partial charge in [0.05, 0.1) is 16.8 Å². The van der Waals surface area contributed by atoms with E-state index in [-0.39, 0.29) is 11.5 Å². The average molecular weight is 500 g/mol. The standard InChI is InChI=1S/C30H26ClNO4/c1-19-5-3-8-27(30(34)35)26(19)15-16-29(36-20(2)33)23-7-4-6-21(17-23)9-13-25-14-11-22-10-12-24(31)18-28(22)32-25/h3-14,17-18,29H,15-16H2,1-2H3,(H,34,35)/t29-/m0/s1. The van der Waals surface area contributed by atoms with Gasteiger partial charge < -0.3 is 9.84 Å². The number of pyridine rings is 1. The van der Waals surface area contributed by atoms with Crippen LogP contribution < -0.4 is 0 Å². The number of nitrogens with zero attached hydrogens (tertiary/aromatic N) is 1. The van der Waals surface area contributed by atoms with Crippen LogP contribution in [0.25, 0.3) is 23.1 Å². The van der Waals surface area contributed by atoms with Crippen molar-refractivity contribution in [2.45, 2.75) is 32.8 Å². The van der Waals surface area contributed by atoms with Gasteiger partial charge in [-0.1, -0.05) is 60.1 Å². The van der Waals surface area contributed by atoms with E-state index < -0.39 is 12.1 Å². The van der Waals surface area contributed by atoms with Crippen molar-refractivity contribution in [3.63, 3.8) is 0 Å². The Morgan fingerprint density at radius 1 is 1.03 bits per heavy atom. The first-order valence-corrected chi connectivity index (χ1v) is 12.0. The molecule has 0 aliphatic carbocycles. The molecule has 0 fully saturated rings. The van der Waals surface area contributed by atoms with Crippen molar-refractivity contribution in [1.29, 1.82) is 0 Å². The van der Waals surface area contributed by atoms with Gasteiger partial charge in [-0.3, -0.25) is 4.79 Å². The fourth-order valence-corrected chi connectivity index (χ4v) is 4.41. The highest BCUT2D eigenvalue weighted by atomic mass is 35.5. The first-order chi connectivity index (χ1) is 17.3. The van der Waals surface area contributed by atoms with E-state index >= 15 is 0 Å². The zero-order chi connectivity index (χ0) is 25.7. The van der Waals surface area contributed by atoms with Crippen molar-refractivity contribution < 1.29 is 19.4 Å². The van der Waals surface area contributed by atoms with Gasteiger partial charge in [-0.05, 0) is 78.4 Å². The second kappa shape index (κ2) is 11.2. The van der Waals surface area contributed by atoms with E-state index in [2.05, 4.69) is 4.98 Å². The number of hydrogen-bond acceptors (Lipinski definition) is 4. The molecular weight excluding hydrogens is 474 g/mol. The first kappa shape index (κ1) is 25.1. The molecule has 1 N–H and O–H groups in total. The number of aromatic carboxylic acids is 1. The van der Waals surface area contributed by atoms with Crippen LogP contribution in [0.5, 0.6) is 0 Å². The predicted molar refractivity (Wildman–Crippen MR) is 143 cm³/mol. The summed E-state index contributed by atoms with van der Waals surface area (Å²) in [7, 11) is 0. The molecular formula is C30H26ClNO4. The Hall–Kier alpha value is -3.96. The summed E-state index contributed by atoms with van der Waals surface area (Å²) in [5.41, 5.74) is 5.32. The number of hydrogen-bond donors (Lipinski definition) is 1. The minimum atomic E-state index is -0.963. The van der Waals surface area contributed by atoms with Crippen LogP contribution in [0.1, 0.15) is 57.8 Å². The predicted octanol–water partition coefficient (Wildman–Crippen LogP) is 7.30. The van der Waals surface area contributed by atoms with Crippen molar-refractivity contribution in [2.75, 3.05) is 0 Å². The number of carboxylic acid groups (broad SMARTS) is 1. The van der Waals surface area contributed by atoms with E-state index in [9.17, 15) is 14.7 Å². The third kappa shape index (κ3) is 6.18. The van der Waals surface area contributed by atoms with Gasteiger partial charge in [0.15, 0.2) is 0 Å². The SMILES string of the molecule is CC(=O)O[C@@H](CCc1c(C)cccc1C(=O)O)c1cccc(C=Cc2ccc3ccc(Cl)cc3n2)c1. The zero-order valence-electron chi connectivity index (χ0n) is 20.1. The van der Waals surface area contributed by atoms with Gasteiger partial charge in [0, 0.05) is 17.3 Å². The molecule has 1 heterocycles. The molecule has 0 saturated heterocycles. The number of carboxylic acids is 1. The maximum Gasteiger partial charge on any atom is 0.335 e. The first-order valence-electron chi connectivity index (χ1n) is 11.6. The van der Waals surface area contributed by atoms with Crippen molar-refractivity contribution in [1.82, 2.24) is 4.98 Å². The number of aromatic nitrogens is 1. The van der Waals surface area contributed by atoms with Gasteiger partial charge in [0.25, 0.3) is 0 Å². The fourth-order valence-electron chi connectivity index (χ4n) is 4.25. The highest BCUT2D eigenvalue weighted by Crippen LogP contribution is 2.27. The molecule has 0 bridgehead atoms. The van der Waals surface area contributed by atoms with E-state index in [0.29, 0.717) is 17.9 Å². The molecule has 0 spiro atoms. The molecule has 0 saturated carbocycles. The fraction of sp³-hybridized carbons (Fsp3) is 0.167. The molecule has 36 heavy (non-hydrogen) atoms. The molecule has 6 heteroatoms. The lowest BCUT2D eigenvalue weighted by atomic mass is 9.94. The van der Waals surface area contributed by atoms with Crippen molar-refractivity contribution in [3.8, 4) is 0 Å². The molecule has 1 atom stereocenters. The van der Waals surface area contributed by atoms with E-state index in [1.807, 2.05) is 79.7 Å². The zero-order valence-corrected chi connectivity index (χ0v) is 20.8. The molecule has 5 nitrogen and oxygen atoms in total. The molecule has 0 aliphatic rings. The highest BCUT2D eigenvalue weighted by Gasteiger charge is 2.18. The number of rotatable bonds is 8. The maximum atomic E-state index is 11.9. The second-order valence-corrected chi connectivity index (χ2v) is 9.06. The number of carbonyl (C=O) groups is 2. The minimum absolute atomic E-state index is 0.275. The van der Waals surface area contributed by atoms with Gasteiger partial charge in [-0.25, -0.2) is 9.78 Å². The van der Waals surface area contributed by atoms with Crippen LogP contribution in [0, 0.1) is 6.92 Å². The Balaban J connectivity index is 1.56. The number of aryl methyl sites for hydroxylation is 1. The molecule has 0 aliphatic heterocycles. The van der Waals surface area contributed by atoms with Crippen LogP contribution in [0.4, 0.5) is 0 Å². The summed E-state index contributed by atoms with van der Waals surface area (Å²) in [6.45, 7) is 3.27. The summed E-state index contributed by atoms with van der Waals surface area (Å²) in [4.78, 5) is 28.2. The monoisotopic (exact) mass is 499 g/mol. The average Bonchev–Trinajstić information content (AvgIpc) is 2.85. The lowest BCUT2D eigenvalue weighted by Gasteiger charge is -2.19. The molecule has 4 aromatic rings. The molecule has 4 rings (SSSR count). The van der Waals surface area contributed by atoms with E-state index in [4.69, 9.17) is 16.3 Å². The number of carbonyl (C=O) groups excluding carboxylic acids is 1. The number of benzene rings is 3. The third-order valence-electron chi connectivity index (χ3n) is 6.01. The second-order valence-electron chi connectivity index (χ2n) is 8.62. The highest BCUT2D eigenvalue weighted by molar-refractivity contribution is 6.31. The van der Waals surface area contributed by atoms with Gasteiger partial charge >= 0.3 is 11.9 Å². The molecule has 0 radical (unpaired) electrons. The molecule has 0 unspecified atom stereocenters. The van der Waals surface area contributed by atoms with E-state index in [1.54, 1.807) is 12.1 Å². The molecule has 0 amide bonds. The van der Waals surface area contributed by atoms with E-state index in [1.165, 1.54) is 6.92 Å². The summed E-state index contributed by atoms with van der Waals surface area (Å²) in [5, 5.41) is 11.2. The molecule has 182 valence electrons. The number of fused-ring (bicyclic) bond motifs is 1. The Bertz CT molecular complexity index is 1460. The van der Waals surface area contributed by atoms with Crippen molar-refractivity contribution in [2.24, 2.45) is 0 Å². The largest absolute Gasteiger partial charge is 0.478 e. The van der Waals surface area contributed by atoms with Gasteiger partial charge in [0.2, 0.25) is 0 Å². The summed E-state index contributed by atoms with van der Waals surface area (Å²) < 4.78 is 5.64. The summed E-state index contributed by atoms with van der Waals surface area (Å²) in [5.74, 6) is -1.35.